The third kappa shape index (κ3) is 6.44. The molecule has 2 nitrogen and oxygen atoms in total. The van der Waals surface area contributed by atoms with Crippen LogP contribution < -0.4 is 10.1 Å². The molecule has 0 radical (unpaired) electrons. The molecule has 0 amide bonds. The maximum absolute atomic E-state index is 5.67. The second-order valence-corrected chi connectivity index (χ2v) is 5.10. The summed E-state index contributed by atoms with van der Waals surface area (Å²) in [6.45, 7) is 11.3. The Labute approximate surface area is 117 Å². The van der Waals surface area contributed by atoms with Gasteiger partial charge < -0.3 is 10.1 Å². The molecule has 1 aromatic carbocycles. The molecule has 0 saturated heterocycles. The molecule has 1 aromatic rings. The predicted octanol–water partition coefficient (Wildman–Crippen LogP) is 3.96. The van der Waals surface area contributed by atoms with E-state index in [1.807, 2.05) is 19.1 Å². The maximum Gasteiger partial charge on any atom is 0.120 e. The second-order valence-electron chi connectivity index (χ2n) is 5.10. The van der Waals surface area contributed by atoms with Crippen LogP contribution in [-0.4, -0.2) is 18.7 Å². The number of rotatable bonds is 9. The first-order valence-corrected chi connectivity index (χ1v) is 7.27. The normalized spacial score (nSPS) is 13.8. The minimum absolute atomic E-state index is 0.0594. The molecule has 0 aliphatic carbocycles. The lowest BCUT2D eigenvalue weighted by Gasteiger charge is -2.14. The van der Waals surface area contributed by atoms with Gasteiger partial charge in [0.2, 0.25) is 0 Å². The van der Waals surface area contributed by atoms with Gasteiger partial charge in [-0.3, -0.25) is 0 Å². The number of aryl methyl sites for hydroxylation is 1. The standard InChI is InChI=1S/C17H27NO/c1-5-13-18-14(3)7-8-16-9-11-17(12-10-16)19-15(4)6-2/h6,9-12,14-15,18H,2,5,7-8,13H2,1,3-4H3. The topological polar surface area (TPSA) is 21.3 Å². The molecule has 1 N–H and O–H groups in total. The van der Waals surface area contributed by atoms with Crippen molar-refractivity contribution in [3.05, 3.63) is 42.5 Å². The molecule has 1 rings (SSSR count). The van der Waals surface area contributed by atoms with Crippen molar-refractivity contribution in [1.82, 2.24) is 5.32 Å². The number of hydrogen-bond acceptors (Lipinski definition) is 2. The lowest BCUT2D eigenvalue weighted by Crippen LogP contribution is -2.27. The van der Waals surface area contributed by atoms with E-state index in [9.17, 15) is 0 Å². The molecule has 0 fully saturated rings. The van der Waals surface area contributed by atoms with Crippen LogP contribution in [0, 0.1) is 0 Å². The zero-order valence-electron chi connectivity index (χ0n) is 12.5. The highest BCUT2D eigenvalue weighted by Crippen LogP contribution is 2.15. The summed E-state index contributed by atoms with van der Waals surface area (Å²) in [4.78, 5) is 0. The molecule has 0 aliphatic heterocycles. The Morgan fingerprint density at radius 1 is 1.26 bits per heavy atom. The lowest BCUT2D eigenvalue weighted by atomic mass is 10.1. The molecule has 106 valence electrons. The maximum atomic E-state index is 5.67. The SMILES string of the molecule is C=CC(C)Oc1ccc(CCC(C)NCCC)cc1. The van der Waals surface area contributed by atoms with Crippen molar-refractivity contribution in [2.75, 3.05) is 6.54 Å². The Morgan fingerprint density at radius 3 is 2.53 bits per heavy atom. The van der Waals surface area contributed by atoms with Gasteiger partial charge in [0, 0.05) is 6.04 Å². The van der Waals surface area contributed by atoms with E-state index in [1.165, 1.54) is 18.4 Å². The van der Waals surface area contributed by atoms with Gasteiger partial charge in [0.15, 0.2) is 0 Å². The minimum atomic E-state index is 0.0594. The van der Waals surface area contributed by atoms with E-state index in [0.717, 1.165) is 18.7 Å². The van der Waals surface area contributed by atoms with E-state index in [4.69, 9.17) is 4.74 Å². The monoisotopic (exact) mass is 261 g/mol. The van der Waals surface area contributed by atoms with Crippen molar-refractivity contribution in [3.63, 3.8) is 0 Å². The van der Waals surface area contributed by atoms with Crippen molar-refractivity contribution in [2.24, 2.45) is 0 Å². The van der Waals surface area contributed by atoms with E-state index >= 15 is 0 Å². The van der Waals surface area contributed by atoms with Gasteiger partial charge in [-0.05, 0) is 57.4 Å². The fraction of sp³-hybridized carbons (Fsp3) is 0.529. The van der Waals surface area contributed by atoms with Gasteiger partial charge in [-0.15, -0.1) is 0 Å². The first-order valence-electron chi connectivity index (χ1n) is 7.27. The van der Waals surface area contributed by atoms with E-state index in [1.54, 1.807) is 6.08 Å². The van der Waals surface area contributed by atoms with Crippen LogP contribution in [0.3, 0.4) is 0 Å². The first kappa shape index (κ1) is 15.8. The summed E-state index contributed by atoms with van der Waals surface area (Å²) in [6.07, 6.45) is 5.33. The zero-order valence-corrected chi connectivity index (χ0v) is 12.5. The quantitative estimate of drug-likeness (QED) is 0.679. The van der Waals surface area contributed by atoms with Crippen molar-refractivity contribution in [1.29, 1.82) is 0 Å². The predicted molar refractivity (Wildman–Crippen MR) is 82.8 cm³/mol. The van der Waals surface area contributed by atoms with Gasteiger partial charge in [-0.2, -0.15) is 0 Å². The zero-order chi connectivity index (χ0) is 14.1. The molecule has 0 bridgehead atoms. The fourth-order valence-electron chi connectivity index (χ4n) is 1.87. The van der Waals surface area contributed by atoms with E-state index in [-0.39, 0.29) is 6.10 Å². The number of nitrogens with one attached hydrogen (secondary N) is 1. The molecule has 2 heteroatoms. The average molecular weight is 261 g/mol. The molecule has 0 saturated carbocycles. The molecule has 0 aliphatic rings. The molecular formula is C17H27NO. The summed E-state index contributed by atoms with van der Waals surface area (Å²) in [6, 6.07) is 8.96. The summed E-state index contributed by atoms with van der Waals surface area (Å²) in [5, 5.41) is 3.51. The fourth-order valence-corrected chi connectivity index (χ4v) is 1.87. The lowest BCUT2D eigenvalue weighted by molar-refractivity contribution is 0.270. The highest BCUT2D eigenvalue weighted by molar-refractivity contribution is 5.27. The number of ether oxygens (including phenoxy) is 1. The highest BCUT2D eigenvalue weighted by Gasteiger charge is 2.02. The van der Waals surface area contributed by atoms with Crippen LogP contribution in [0.4, 0.5) is 0 Å². The second kappa shape index (κ2) is 8.76. The van der Waals surface area contributed by atoms with Gasteiger partial charge in [0.25, 0.3) is 0 Å². The van der Waals surface area contributed by atoms with Crippen LogP contribution in [0.1, 0.15) is 39.2 Å². The third-order valence-electron chi connectivity index (χ3n) is 3.19. The minimum Gasteiger partial charge on any atom is -0.487 e. The Morgan fingerprint density at radius 2 is 1.95 bits per heavy atom. The Balaban J connectivity index is 2.37. The van der Waals surface area contributed by atoms with E-state index in [0.29, 0.717) is 6.04 Å². The third-order valence-corrected chi connectivity index (χ3v) is 3.19. The molecule has 0 heterocycles. The van der Waals surface area contributed by atoms with Crippen molar-refractivity contribution in [3.8, 4) is 5.75 Å². The summed E-state index contributed by atoms with van der Waals surface area (Å²) >= 11 is 0. The van der Waals surface area contributed by atoms with E-state index in [2.05, 4.69) is 37.9 Å². The van der Waals surface area contributed by atoms with Crippen LogP contribution >= 0.6 is 0 Å². The van der Waals surface area contributed by atoms with Crippen LogP contribution in [0.2, 0.25) is 0 Å². The highest BCUT2D eigenvalue weighted by atomic mass is 16.5. The Hall–Kier alpha value is -1.28. The molecule has 2 unspecified atom stereocenters. The summed E-state index contributed by atoms with van der Waals surface area (Å²) in [5.74, 6) is 0.910. The largest absolute Gasteiger partial charge is 0.487 e. The van der Waals surface area contributed by atoms with Gasteiger partial charge in [-0.25, -0.2) is 0 Å². The number of hydrogen-bond donors (Lipinski definition) is 1. The summed E-state index contributed by atoms with van der Waals surface area (Å²) in [5.41, 5.74) is 1.36. The smallest absolute Gasteiger partial charge is 0.120 e. The van der Waals surface area contributed by atoms with Gasteiger partial charge in [0.05, 0.1) is 0 Å². The van der Waals surface area contributed by atoms with Gasteiger partial charge >= 0.3 is 0 Å². The van der Waals surface area contributed by atoms with E-state index < -0.39 is 0 Å². The summed E-state index contributed by atoms with van der Waals surface area (Å²) in [7, 11) is 0. The summed E-state index contributed by atoms with van der Waals surface area (Å²) < 4.78 is 5.67. The van der Waals surface area contributed by atoms with Gasteiger partial charge in [0.1, 0.15) is 11.9 Å². The average Bonchev–Trinajstić information content (AvgIpc) is 2.44. The van der Waals surface area contributed by atoms with Crippen LogP contribution in [0.15, 0.2) is 36.9 Å². The molecule has 0 aromatic heterocycles. The Kier molecular flexibility index (Phi) is 7.27. The molecule has 0 spiro atoms. The van der Waals surface area contributed by atoms with Crippen molar-refractivity contribution >= 4 is 0 Å². The molecule has 19 heavy (non-hydrogen) atoms. The van der Waals surface area contributed by atoms with Crippen LogP contribution in [0.25, 0.3) is 0 Å². The Bertz CT molecular complexity index is 358. The molecule has 2 atom stereocenters. The van der Waals surface area contributed by atoms with Crippen molar-refractivity contribution < 1.29 is 4.74 Å². The van der Waals surface area contributed by atoms with Crippen molar-refractivity contribution in [2.45, 2.75) is 52.2 Å². The first-order chi connectivity index (χ1) is 9.15. The number of benzene rings is 1. The van der Waals surface area contributed by atoms with Crippen LogP contribution in [-0.2, 0) is 6.42 Å². The van der Waals surface area contributed by atoms with Crippen LogP contribution in [0.5, 0.6) is 5.75 Å². The van der Waals surface area contributed by atoms with Gasteiger partial charge in [-0.1, -0.05) is 31.7 Å². The molecular weight excluding hydrogens is 234 g/mol.